The average molecular weight is 327 g/mol. The molecule has 3 N–H and O–H groups in total. The van der Waals surface area contributed by atoms with E-state index in [0.29, 0.717) is 5.56 Å². The van der Waals surface area contributed by atoms with Crippen LogP contribution in [0, 0.1) is 13.8 Å². The molecule has 24 heavy (non-hydrogen) atoms. The molecule has 0 aliphatic rings. The van der Waals surface area contributed by atoms with E-state index < -0.39 is 17.9 Å². The first-order valence-corrected chi connectivity index (χ1v) is 7.69. The van der Waals surface area contributed by atoms with E-state index in [0.717, 1.165) is 16.7 Å². The number of rotatable bonds is 5. The fourth-order valence-electron chi connectivity index (χ4n) is 2.53. The third-order valence-corrected chi connectivity index (χ3v) is 3.79. The zero-order chi connectivity index (χ0) is 17.9. The molecule has 1 atom stereocenters. The first-order chi connectivity index (χ1) is 11.3. The lowest BCUT2D eigenvalue weighted by molar-refractivity contribution is 0.0697. The van der Waals surface area contributed by atoms with E-state index in [-0.39, 0.29) is 17.7 Å². The van der Waals surface area contributed by atoms with Gasteiger partial charge in [0, 0.05) is 11.6 Å². The highest BCUT2D eigenvalue weighted by atomic mass is 16.4. The molecular weight excluding hydrogens is 306 g/mol. The number of carbonyl (C=O) groups is 2. The minimum absolute atomic E-state index is 0.0503. The summed E-state index contributed by atoms with van der Waals surface area (Å²) in [6.45, 7) is 5.42. The SMILES string of the molecule is Cc1ccc(-c2cc(C(=O)O)cc(C(=O)N[C@@H](C)CO)c2)c(C)c1. The number of nitrogens with one attached hydrogen (secondary N) is 1. The van der Waals surface area contributed by atoms with Gasteiger partial charge in [0.05, 0.1) is 12.2 Å². The number of hydrogen-bond acceptors (Lipinski definition) is 3. The van der Waals surface area contributed by atoms with Crippen molar-refractivity contribution in [1.29, 1.82) is 0 Å². The van der Waals surface area contributed by atoms with Gasteiger partial charge in [0.1, 0.15) is 0 Å². The van der Waals surface area contributed by atoms with Crippen LogP contribution in [0.25, 0.3) is 11.1 Å². The second-order valence-electron chi connectivity index (χ2n) is 5.98. The molecule has 2 aromatic carbocycles. The summed E-state index contributed by atoms with van der Waals surface area (Å²) in [5.74, 6) is -1.50. The fourth-order valence-corrected chi connectivity index (χ4v) is 2.53. The third kappa shape index (κ3) is 4.00. The Balaban J connectivity index is 2.52. The van der Waals surface area contributed by atoms with Crippen molar-refractivity contribution >= 4 is 11.9 Å². The molecule has 0 aliphatic carbocycles. The van der Waals surface area contributed by atoms with Gasteiger partial charge in [-0.3, -0.25) is 4.79 Å². The number of amides is 1. The molecule has 0 unspecified atom stereocenters. The van der Waals surface area contributed by atoms with Crippen molar-refractivity contribution in [1.82, 2.24) is 5.32 Å². The van der Waals surface area contributed by atoms with Crippen molar-refractivity contribution < 1.29 is 19.8 Å². The number of carboxylic acids is 1. The summed E-state index contributed by atoms with van der Waals surface area (Å²) in [4.78, 5) is 23.7. The first-order valence-electron chi connectivity index (χ1n) is 7.69. The number of hydrogen-bond donors (Lipinski definition) is 3. The summed E-state index contributed by atoms with van der Waals surface area (Å²) in [5.41, 5.74) is 3.98. The summed E-state index contributed by atoms with van der Waals surface area (Å²) in [6, 6.07) is 10.0. The maximum Gasteiger partial charge on any atom is 0.335 e. The van der Waals surface area contributed by atoms with Gasteiger partial charge in [0.2, 0.25) is 0 Å². The molecule has 1 amide bonds. The molecule has 0 radical (unpaired) electrons. The van der Waals surface area contributed by atoms with Crippen molar-refractivity contribution in [3.63, 3.8) is 0 Å². The lowest BCUT2D eigenvalue weighted by Crippen LogP contribution is -2.35. The van der Waals surface area contributed by atoms with E-state index in [1.54, 1.807) is 19.1 Å². The van der Waals surface area contributed by atoms with Gasteiger partial charge in [-0.15, -0.1) is 0 Å². The molecule has 0 saturated carbocycles. The molecule has 5 nitrogen and oxygen atoms in total. The molecule has 0 saturated heterocycles. The Kier molecular flexibility index (Phi) is 5.36. The quantitative estimate of drug-likeness (QED) is 0.788. The number of benzene rings is 2. The second-order valence-corrected chi connectivity index (χ2v) is 5.98. The van der Waals surface area contributed by atoms with Gasteiger partial charge in [-0.2, -0.15) is 0 Å². The van der Waals surface area contributed by atoms with Gasteiger partial charge in [0.25, 0.3) is 5.91 Å². The Morgan fingerprint density at radius 3 is 2.33 bits per heavy atom. The Morgan fingerprint density at radius 2 is 1.75 bits per heavy atom. The van der Waals surface area contributed by atoms with E-state index in [9.17, 15) is 14.7 Å². The van der Waals surface area contributed by atoms with Crippen LogP contribution in [-0.2, 0) is 0 Å². The molecule has 0 spiro atoms. The summed E-state index contributed by atoms with van der Waals surface area (Å²) in [5, 5.41) is 21.0. The van der Waals surface area contributed by atoms with Crippen LogP contribution < -0.4 is 5.32 Å². The largest absolute Gasteiger partial charge is 0.478 e. The predicted octanol–water partition coefficient (Wildman–Crippen LogP) is 2.78. The van der Waals surface area contributed by atoms with E-state index in [2.05, 4.69) is 5.32 Å². The lowest BCUT2D eigenvalue weighted by atomic mass is 9.95. The Bertz CT molecular complexity index is 783. The monoisotopic (exact) mass is 327 g/mol. The highest BCUT2D eigenvalue weighted by Gasteiger charge is 2.15. The highest BCUT2D eigenvalue weighted by molar-refractivity contribution is 5.99. The Hall–Kier alpha value is -2.66. The van der Waals surface area contributed by atoms with Gasteiger partial charge in [-0.25, -0.2) is 4.79 Å². The van der Waals surface area contributed by atoms with Crippen LogP contribution in [0.3, 0.4) is 0 Å². The number of aliphatic hydroxyl groups is 1. The van der Waals surface area contributed by atoms with Gasteiger partial charge in [0.15, 0.2) is 0 Å². The van der Waals surface area contributed by atoms with Crippen molar-refractivity contribution in [2.75, 3.05) is 6.61 Å². The smallest absolute Gasteiger partial charge is 0.335 e. The van der Waals surface area contributed by atoms with Crippen LogP contribution in [0.5, 0.6) is 0 Å². The van der Waals surface area contributed by atoms with Gasteiger partial charge >= 0.3 is 5.97 Å². The van der Waals surface area contributed by atoms with E-state index in [1.807, 2.05) is 32.0 Å². The second kappa shape index (κ2) is 7.27. The average Bonchev–Trinajstić information content (AvgIpc) is 2.54. The molecule has 126 valence electrons. The van der Waals surface area contributed by atoms with Gasteiger partial charge in [-0.05, 0) is 55.7 Å². The molecule has 0 heterocycles. The number of carboxylic acid groups (broad SMARTS) is 1. The van der Waals surface area contributed by atoms with Crippen LogP contribution in [0.2, 0.25) is 0 Å². The maximum atomic E-state index is 12.3. The fraction of sp³-hybridized carbons (Fsp3) is 0.263. The van der Waals surface area contributed by atoms with Gasteiger partial charge < -0.3 is 15.5 Å². The molecule has 0 bridgehead atoms. The molecule has 0 aliphatic heterocycles. The normalized spacial score (nSPS) is 11.8. The number of aliphatic hydroxyl groups excluding tert-OH is 1. The molecule has 0 fully saturated rings. The van der Waals surface area contributed by atoms with Crippen molar-refractivity contribution in [3.8, 4) is 11.1 Å². The van der Waals surface area contributed by atoms with Crippen molar-refractivity contribution in [2.45, 2.75) is 26.8 Å². The minimum atomic E-state index is -1.09. The Morgan fingerprint density at radius 1 is 1.08 bits per heavy atom. The molecule has 2 rings (SSSR count). The van der Waals surface area contributed by atoms with Crippen molar-refractivity contribution in [2.24, 2.45) is 0 Å². The molecule has 0 aromatic heterocycles. The topological polar surface area (TPSA) is 86.6 Å². The minimum Gasteiger partial charge on any atom is -0.478 e. The lowest BCUT2D eigenvalue weighted by Gasteiger charge is -2.13. The summed E-state index contributed by atoms with van der Waals surface area (Å²) < 4.78 is 0. The number of aromatic carboxylic acids is 1. The number of aryl methyl sites for hydroxylation is 2. The zero-order valence-corrected chi connectivity index (χ0v) is 14.0. The van der Waals surface area contributed by atoms with E-state index in [1.165, 1.54) is 6.07 Å². The van der Waals surface area contributed by atoms with Crippen LogP contribution in [0.1, 0.15) is 38.8 Å². The zero-order valence-electron chi connectivity index (χ0n) is 14.0. The highest BCUT2D eigenvalue weighted by Crippen LogP contribution is 2.26. The van der Waals surface area contributed by atoms with E-state index >= 15 is 0 Å². The van der Waals surface area contributed by atoms with Crippen LogP contribution in [0.4, 0.5) is 0 Å². The van der Waals surface area contributed by atoms with E-state index in [4.69, 9.17) is 5.11 Å². The Labute approximate surface area is 141 Å². The number of carbonyl (C=O) groups excluding carboxylic acids is 1. The summed E-state index contributed by atoms with van der Waals surface area (Å²) in [7, 11) is 0. The summed E-state index contributed by atoms with van der Waals surface area (Å²) >= 11 is 0. The molecule has 5 heteroatoms. The van der Waals surface area contributed by atoms with Crippen molar-refractivity contribution in [3.05, 3.63) is 58.7 Å². The van der Waals surface area contributed by atoms with Crippen LogP contribution in [0.15, 0.2) is 36.4 Å². The predicted molar refractivity (Wildman–Crippen MR) is 92.3 cm³/mol. The molecule has 2 aromatic rings. The van der Waals surface area contributed by atoms with Crippen LogP contribution >= 0.6 is 0 Å². The van der Waals surface area contributed by atoms with Crippen LogP contribution in [-0.4, -0.2) is 34.7 Å². The maximum absolute atomic E-state index is 12.3. The standard InChI is InChI=1S/C19H21NO4/c1-11-4-5-17(12(2)6-11)14-7-15(9-16(8-14)19(23)24)18(22)20-13(3)10-21/h4-9,13,21H,10H2,1-3H3,(H,20,22)(H,23,24)/t13-/m0/s1. The third-order valence-electron chi connectivity index (χ3n) is 3.79. The summed E-state index contributed by atoms with van der Waals surface area (Å²) in [6.07, 6.45) is 0. The molecular formula is C19H21NO4. The first kappa shape index (κ1) is 17.7. The van der Waals surface area contributed by atoms with Gasteiger partial charge in [-0.1, -0.05) is 23.8 Å².